The predicted molar refractivity (Wildman–Crippen MR) is 81.3 cm³/mol. The van der Waals surface area contributed by atoms with Gasteiger partial charge in [-0.3, -0.25) is 4.90 Å². The third-order valence-corrected chi connectivity index (χ3v) is 4.59. The summed E-state index contributed by atoms with van der Waals surface area (Å²) in [5, 5.41) is 0. The molecule has 1 spiro atoms. The molecular weight excluding hydrogens is 268 g/mol. The van der Waals surface area contributed by atoms with Crippen LogP contribution >= 0.6 is 0 Å². The summed E-state index contributed by atoms with van der Waals surface area (Å²) in [4.78, 5) is 2.39. The molecule has 0 saturated carbocycles. The highest BCUT2D eigenvalue weighted by atomic mass is 16.5. The molecule has 3 rings (SSSR count). The van der Waals surface area contributed by atoms with Gasteiger partial charge in [0.2, 0.25) is 0 Å². The Balaban J connectivity index is 1.85. The van der Waals surface area contributed by atoms with Crippen molar-refractivity contribution in [2.45, 2.75) is 24.9 Å². The van der Waals surface area contributed by atoms with Gasteiger partial charge in [-0.25, -0.2) is 0 Å². The van der Waals surface area contributed by atoms with Gasteiger partial charge >= 0.3 is 0 Å². The Morgan fingerprint density at radius 1 is 1.29 bits per heavy atom. The lowest BCUT2D eigenvalue weighted by Crippen LogP contribution is -2.43. The molecule has 0 radical (unpaired) electrons. The van der Waals surface area contributed by atoms with E-state index in [1.54, 1.807) is 14.2 Å². The van der Waals surface area contributed by atoms with E-state index in [0.29, 0.717) is 6.54 Å². The summed E-state index contributed by atoms with van der Waals surface area (Å²) in [6.07, 6.45) is 3.08. The Morgan fingerprint density at radius 2 is 2.14 bits per heavy atom. The largest absolute Gasteiger partial charge is 0.496 e. The zero-order valence-electron chi connectivity index (χ0n) is 12.9. The van der Waals surface area contributed by atoms with Gasteiger partial charge < -0.3 is 19.9 Å². The first-order chi connectivity index (χ1) is 10.2. The smallest absolute Gasteiger partial charge is 0.130 e. The molecule has 0 amide bonds. The van der Waals surface area contributed by atoms with Crippen LogP contribution in [-0.2, 0) is 6.42 Å². The highest BCUT2D eigenvalue weighted by molar-refractivity contribution is 5.52. The van der Waals surface area contributed by atoms with E-state index in [1.807, 2.05) is 12.1 Å². The van der Waals surface area contributed by atoms with E-state index in [2.05, 4.69) is 4.90 Å². The maximum absolute atomic E-state index is 6.40. The van der Waals surface area contributed by atoms with Crippen LogP contribution in [0.15, 0.2) is 12.1 Å². The van der Waals surface area contributed by atoms with Gasteiger partial charge in [-0.1, -0.05) is 0 Å². The van der Waals surface area contributed by atoms with Crippen LogP contribution in [0.3, 0.4) is 0 Å². The van der Waals surface area contributed by atoms with Crippen LogP contribution in [0.4, 0.5) is 0 Å². The molecule has 1 aromatic carbocycles. The summed E-state index contributed by atoms with van der Waals surface area (Å²) in [5.74, 6) is 2.54. The predicted octanol–water partition coefficient (Wildman–Crippen LogP) is 1.43. The highest BCUT2D eigenvalue weighted by Crippen LogP contribution is 2.44. The summed E-state index contributed by atoms with van der Waals surface area (Å²) in [6, 6.07) is 3.90. The van der Waals surface area contributed by atoms with Crippen LogP contribution in [0.1, 0.15) is 18.4 Å². The normalized spacial score (nSPS) is 24.7. The van der Waals surface area contributed by atoms with Crippen molar-refractivity contribution in [3.63, 3.8) is 0 Å². The van der Waals surface area contributed by atoms with Crippen molar-refractivity contribution in [1.82, 2.24) is 4.90 Å². The van der Waals surface area contributed by atoms with Gasteiger partial charge in [-0.15, -0.1) is 0 Å². The number of methoxy groups -OCH3 is 2. The van der Waals surface area contributed by atoms with Crippen molar-refractivity contribution < 1.29 is 14.2 Å². The molecule has 5 nitrogen and oxygen atoms in total. The molecule has 0 bridgehead atoms. The number of hydrogen-bond acceptors (Lipinski definition) is 5. The van der Waals surface area contributed by atoms with Gasteiger partial charge in [0.05, 0.1) is 14.2 Å². The first-order valence-electron chi connectivity index (χ1n) is 7.56. The minimum atomic E-state index is -0.0699. The summed E-state index contributed by atoms with van der Waals surface area (Å²) in [7, 11) is 3.36. The molecule has 0 aromatic heterocycles. The standard InChI is InChI=1S/C16H24N2O3/c1-19-12-9-14(20-2)13-3-4-16(21-15(13)10-12)5-7-18(11-16)8-6-17/h9-10H,3-8,11,17H2,1-2H3. The number of rotatable bonds is 4. The van der Waals surface area contributed by atoms with E-state index in [1.165, 1.54) is 0 Å². The molecule has 1 atom stereocenters. The van der Waals surface area contributed by atoms with Crippen LogP contribution in [0, 0.1) is 0 Å². The van der Waals surface area contributed by atoms with Gasteiger partial charge in [0.25, 0.3) is 0 Å². The number of fused-ring (bicyclic) bond motifs is 1. The average molecular weight is 292 g/mol. The number of benzene rings is 1. The maximum atomic E-state index is 6.40. The fourth-order valence-electron chi connectivity index (χ4n) is 3.46. The van der Waals surface area contributed by atoms with Crippen molar-refractivity contribution in [3.05, 3.63) is 17.7 Å². The topological polar surface area (TPSA) is 57.0 Å². The first kappa shape index (κ1) is 14.5. The number of nitrogens with two attached hydrogens (primary N) is 1. The minimum absolute atomic E-state index is 0.0699. The van der Waals surface area contributed by atoms with Crippen molar-refractivity contribution >= 4 is 0 Å². The van der Waals surface area contributed by atoms with E-state index in [4.69, 9.17) is 19.9 Å². The Bertz CT molecular complexity index is 520. The van der Waals surface area contributed by atoms with E-state index in [-0.39, 0.29) is 5.60 Å². The van der Waals surface area contributed by atoms with Crippen LogP contribution in [0.2, 0.25) is 0 Å². The number of likely N-dealkylation sites (tertiary alicyclic amines) is 1. The van der Waals surface area contributed by atoms with E-state index in [9.17, 15) is 0 Å². The second-order valence-corrected chi connectivity index (χ2v) is 5.91. The molecule has 1 unspecified atom stereocenters. The first-order valence-corrected chi connectivity index (χ1v) is 7.56. The summed E-state index contributed by atoms with van der Waals surface area (Å²) >= 11 is 0. The second-order valence-electron chi connectivity index (χ2n) is 5.91. The molecule has 21 heavy (non-hydrogen) atoms. The molecule has 2 aliphatic rings. The zero-order chi connectivity index (χ0) is 14.9. The number of hydrogen-bond donors (Lipinski definition) is 1. The Hall–Kier alpha value is -1.46. The summed E-state index contributed by atoms with van der Waals surface area (Å²) < 4.78 is 17.2. The molecule has 5 heteroatoms. The van der Waals surface area contributed by atoms with Gasteiger partial charge in [0, 0.05) is 50.3 Å². The maximum Gasteiger partial charge on any atom is 0.130 e. The van der Waals surface area contributed by atoms with Crippen LogP contribution in [0.5, 0.6) is 17.2 Å². The van der Waals surface area contributed by atoms with Crippen molar-refractivity contribution in [1.29, 1.82) is 0 Å². The quantitative estimate of drug-likeness (QED) is 0.910. The summed E-state index contributed by atoms with van der Waals surface area (Å²) in [6.45, 7) is 3.67. The SMILES string of the molecule is COc1cc(OC)c2c(c1)OC1(CC2)CCN(CCN)C1. The zero-order valence-corrected chi connectivity index (χ0v) is 12.9. The Kier molecular flexibility index (Phi) is 3.95. The molecule has 116 valence electrons. The lowest BCUT2D eigenvalue weighted by atomic mass is 9.90. The fraction of sp³-hybridized carbons (Fsp3) is 0.625. The summed E-state index contributed by atoms with van der Waals surface area (Å²) in [5.41, 5.74) is 6.75. The molecule has 1 fully saturated rings. The van der Waals surface area contributed by atoms with E-state index in [0.717, 1.165) is 61.7 Å². The highest BCUT2D eigenvalue weighted by Gasteiger charge is 2.43. The molecule has 1 aromatic rings. The van der Waals surface area contributed by atoms with Crippen LogP contribution < -0.4 is 19.9 Å². The number of nitrogens with zero attached hydrogens (tertiary/aromatic N) is 1. The monoisotopic (exact) mass is 292 g/mol. The fourth-order valence-corrected chi connectivity index (χ4v) is 3.46. The number of ether oxygens (including phenoxy) is 3. The minimum Gasteiger partial charge on any atom is -0.496 e. The second kappa shape index (κ2) is 5.73. The van der Waals surface area contributed by atoms with Gasteiger partial charge in [0.1, 0.15) is 22.8 Å². The molecule has 0 aliphatic carbocycles. The molecule has 2 aliphatic heterocycles. The van der Waals surface area contributed by atoms with Crippen molar-refractivity contribution in [2.75, 3.05) is 40.4 Å². The third kappa shape index (κ3) is 2.68. The molecule has 1 saturated heterocycles. The average Bonchev–Trinajstić information content (AvgIpc) is 2.88. The molecular formula is C16H24N2O3. The lowest BCUT2D eigenvalue weighted by Gasteiger charge is -2.36. The van der Waals surface area contributed by atoms with Gasteiger partial charge in [-0.2, -0.15) is 0 Å². The van der Waals surface area contributed by atoms with Crippen LogP contribution in [-0.4, -0.2) is 50.9 Å². The molecule has 2 N–H and O–H groups in total. The lowest BCUT2D eigenvalue weighted by molar-refractivity contribution is 0.0538. The van der Waals surface area contributed by atoms with Crippen molar-refractivity contribution in [3.8, 4) is 17.2 Å². The van der Waals surface area contributed by atoms with Gasteiger partial charge in [-0.05, 0) is 12.8 Å². The molecule has 2 heterocycles. The van der Waals surface area contributed by atoms with Crippen LogP contribution in [0.25, 0.3) is 0 Å². The van der Waals surface area contributed by atoms with E-state index < -0.39 is 0 Å². The third-order valence-electron chi connectivity index (χ3n) is 4.59. The Morgan fingerprint density at radius 3 is 2.86 bits per heavy atom. The Labute approximate surface area is 126 Å². The van der Waals surface area contributed by atoms with Crippen molar-refractivity contribution in [2.24, 2.45) is 5.73 Å². The van der Waals surface area contributed by atoms with E-state index >= 15 is 0 Å². The van der Waals surface area contributed by atoms with Gasteiger partial charge in [0.15, 0.2) is 0 Å².